The van der Waals surface area contributed by atoms with Crippen molar-refractivity contribution in [3.63, 3.8) is 0 Å². The number of Topliss-reactive ketones (excluding diaryl/α,β-unsaturated/α-hetero) is 1. The minimum atomic E-state index is -0.993. The molecule has 1 atom stereocenters. The molecule has 1 fully saturated rings. The molecule has 0 bridgehead atoms. The Morgan fingerprint density at radius 2 is 1.86 bits per heavy atom. The van der Waals surface area contributed by atoms with Crippen molar-refractivity contribution in [2.75, 3.05) is 18.6 Å². The smallest absolute Gasteiger partial charge is 0.301 e. The first-order valence-corrected chi connectivity index (χ1v) is 12.0. The number of aliphatic hydroxyl groups is 1. The predicted octanol–water partition coefficient (Wildman–Crippen LogP) is 5.04. The number of hydrogen-bond acceptors (Lipinski definition) is 8. The molecule has 3 aromatic carbocycles. The summed E-state index contributed by atoms with van der Waals surface area (Å²) >= 11 is 1.23. The molecular weight excluding hydrogens is 480 g/mol. The zero-order valence-corrected chi connectivity index (χ0v) is 20.3. The van der Waals surface area contributed by atoms with Crippen LogP contribution in [0.15, 0.2) is 72.3 Å². The fourth-order valence-corrected chi connectivity index (χ4v) is 5.21. The number of aromatic nitrogens is 1. The highest BCUT2D eigenvalue weighted by atomic mass is 32.1. The van der Waals surface area contributed by atoms with E-state index in [1.165, 1.54) is 22.3 Å². The number of rotatable bonds is 6. The quantitative estimate of drug-likeness (QED) is 0.216. The van der Waals surface area contributed by atoms with Gasteiger partial charge in [-0.1, -0.05) is 47.7 Å². The van der Waals surface area contributed by atoms with Crippen molar-refractivity contribution in [1.29, 1.82) is 0 Å². The van der Waals surface area contributed by atoms with E-state index < -0.39 is 17.7 Å². The third kappa shape index (κ3) is 3.93. The fraction of sp³-hybridized carbons (Fsp3) is 0.148. The van der Waals surface area contributed by atoms with Crippen LogP contribution in [-0.4, -0.2) is 40.6 Å². The Balaban J connectivity index is 1.73. The summed E-state index contributed by atoms with van der Waals surface area (Å²) in [5, 5.41) is 21.7. The molecule has 9 heteroatoms. The molecule has 36 heavy (non-hydrogen) atoms. The van der Waals surface area contributed by atoms with Crippen LogP contribution in [0.25, 0.3) is 16.0 Å². The van der Waals surface area contributed by atoms with E-state index in [0.29, 0.717) is 34.1 Å². The first-order valence-electron chi connectivity index (χ1n) is 11.2. The van der Waals surface area contributed by atoms with Crippen LogP contribution in [0.2, 0.25) is 0 Å². The summed E-state index contributed by atoms with van der Waals surface area (Å²) in [6.45, 7) is 2.09. The molecule has 1 aliphatic heterocycles. The van der Waals surface area contributed by atoms with Gasteiger partial charge in [-0.2, -0.15) is 0 Å². The standard InChI is InChI=1S/C27H22N2O6S/c1-3-35-20-13-16(9-12-19(20)30)23-22(24(31)15-7-5-4-6-8-15)25(32)26(33)29(23)27-28-18-11-10-17(34-2)14-21(18)36-27/h4-14,23,30-31H,3H2,1-2H3. The average molecular weight is 503 g/mol. The first kappa shape index (κ1) is 23.4. The zero-order valence-electron chi connectivity index (χ0n) is 19.5. The van der Waals surface area contributed by atoms with Gasteiger partial charge in [-0.25, -0.2) is 4.98 Å². The van der Waals surface area contributed by atoms with Crippen LogP contribution in [0.4, 0.5) is 5.13 Å². The predicted molar refractivity (Wildman–Crippen MR) is 137 cm³/mol. The second-order valence-electron chi connectivity index (χ2n) is 8.03. The van der Waals surface area contributed by atoms with E-state index in [2.05, 4.69) is 4.98 Å². The van der Waals surface area contributed by atoms with Crippen molar-refractivity contribution in [3.8, 4) is 17.2 Å². The molecule has 4 aromatic rings. The number of hydrogen-bond donors (Lipinski definition) is 2. The molecule has 0 spiro atoms. The average Bonchev–Trinajstić information content (AvgIpc) is 3.43. The van der Waals surface area contributed by atoms with Gasteiger partial charge in [0.2, 0.25) is 0 Å². The summed E-state index contributed by atoms with van der Waals surface area (Å²) in [5.41, 5.74) is 1.44. The van der Waals surface area contributed by atoms with Crippen molar-refractivity contribution < 1.29 is 29.3 Å². The van der Waals surface area contributed by atoms with E-state index in [-0.39, 0.29) is 22.8 Å². The van der Waals surface area contributed by atoms with Gasteiger partial charge in [-0.15, -0.1) is 0 Å². The van der Waals surface area contributed by atoms with Crippen LogP contribution >= 0.6 is 11.3 Å². The molecule has 5 rings (SSSR count). The molecule has 2 N–H and O–H groups in total. The third-order valence-corrected chi connectivity index (χ3v) is 6.90. The van der Waals surface area contributed by atoms with Gasteiger partial charge in [-0.05, 0) is 42.8 Å². The Hall–Kier alpha value is -4.37. The Labute approximate surface area is 210 Å². The lowest BCUT2D eigenvalue weighted by Gasteiger charge is -2.23. The molecule has 182 valence electrons. The molecule has 0 saturated carbocycles. The normalized spacial score (nSPS) is 17.1. The van der Waals surface area contributed by atoms with Gasteiger partial charge in [-0.3, -0.25) is 14.5 Å². The van der Waals surface area contributed by atoms with Crippen molar-refractivity contribution in [3.05, 3.63) is 83.4 Å². The second kappa shape index (κ2) is 9.35. The van der Waals surface area contributed by atoms with Gasteiger partial charge in [0.1, 0.15) is 11.5 Å². The third-order valence-electron chi connectivity index (χ3n) is 5.88. The number of carbonyl (C=O) groups excluding carboxylic acids is 2. The number of nitrogens with zero attached hydrogens (tertiary/aromatic N) is 2. The summed E-state index contributed by atoms with van der Waals surface area (Å²) < 4.78 is 11.6. The van der Waals surface area contributed by atoms with Crippen LogP contribution < -0.4 is 14.4 Å². The van der Waals surface area contributed by atoms with Gasteiger partial charge >= 0.3 is 5.91 Å². The number of ether oxygens (including phenoxy) is 2. The summed E-state index contributed by atoms with van der Waals surface area (Å²) in [5.74, 6) is -1.17. The number of aromatic hydroxyl groups is 1. The molecule has 2 heterocycles. The zero-order chi connectivity index (χ0) is 25.4. The minimum absolute atomic E-state index is 0.0730. The Kier molecular flexibility index (Phi) is 6.07. The Morgan fingerprint density at radius 1 is 1.08 bits per heavy atom. The first-order chi connectivity index (χ1) is 17.4. The van der Waals surface area contributed by atoms with Gasteiger partial charge in [0.25, 0.3) is 5.78 Å². The van der Waals surface area contributed by atoms with Gasteiger partial charge in [0, 0.05) is 5.56 Å². The number of carbonyl (C=O) groups is 2. The lowest BCUT2D eigenvalue weighted by atomic mass is 9.95. The van der Waals surface area contributed by atoms with Crippen LogP contribution in [0.3, 0.4) is 0 Å². The van der Waals surface area contributed by atoms with Gasteiger partial charge < -0.3 is 19.7 Å². The number of aliphatic hydroxyl groups excluding tert-OH is 1. The SMILES string of the molecule is CCOc1cc(C2C(=C(O)c3ccccc3)C(=O)C(=O)N2c2nc3ccc(OC)cc3s2)ccc1O. The summed E-state index contributed by atoms with van der Waals surface area (Å²) in [7, 11) is 1.56. The maximum absolute atomic E-state index is 13.4. The molecule has 0 aliphatic carbocycles. The van der Waals surface area contributed by atoms with Crippen molar-refractivity contribution >= 4 is 44.1 Å². The van der Waals surface area contributed by atoms with Crippen molar-refractivity contribution in [2.45, 2.75) is 13.0 Å². The van der Waals surface area contributed by atoms with Gasteiger partial charge in [0.05, 0.1) is 35.5 Å². The molecule has 1 amide bonds. The number of amides is 1. The number of thiazole rings is 1. The largest absolute Gasteiger partial charge is 0.507 e. The summed E-state index contributed by atoms with van der Waals surface area (Å²) in [6.07, 6.45) is 0. The molecule has 8 nitrogen and oxygen atoms in total. The Bertz CT molecular complexity index is 1510. The van der Waals surface area contributed by atoms with E-state index in [1.54, 1.807) is 74.7 Å². The van der Waals surface area contributed by atoms with E-state index in [9.17, 15) is 19.8 Å². The maximum atomic E-state index is 13.4. The van der Waals surface area contributed by atoms with Crippen molar-refractivity contribution in [2.24, 2.45) is 0 Å². The van der Waals surface area contributed by atoms with E-state index in [4.69, 9.17) is 9.47 Å². The lowest BCUT2D eigenvalue weighted by Crippen LogP contribution is -2.29. The number of phenols is 1. The highest BCUT2D eigenvalue weighted by Gasteiger charge is 2.48. The molecule has 1 saturated heterocycles. The number of anilines is 1. The highest BCUT2D eigenvalue weighted by Crippen LogP contribution is 2.46. The number of benzene rings is 3. The van der Waals surface area contributed by atoms with Gasteiger partial charge in [0.15, 0.2) is 16.6 Å². The number of ketones is 1. The maximum Gasteiger partial charge on any atom is 0.301 e. The monoisotopic (exact) mass is 502 g/mol. The van der Waals surface area contributed by atoms with Crippen molar-refractivity contribution in [1.82, 2.24) is 4.98 Å². The van der Waals surface area contributed by atoms with E-state index in [0.717, 1.165) is 4.70 Å². The molecule has 1 unspecified atom stereocenters. The topological polar surface area (TPSA) is 109 Å². The van der Waals surface area contributed by atoms with E-state index in [1.807, 2.05) is 0 Å². The van der Waals surface area contributed by atoms with Crippen LogP contribution in [0.5, 0.6) is 17.2 Å². The molecule has 1 aliphatic rings. The van der Waals surface area contributed by atoms with Crippen LogP contribution in [0, 0.1) is 0 Å². The fourth-order valence-electron chi connectivity index (χ4n) is 4.19. The summed E-state index contributed by atoms with van der Waals surface area (Å²) in [6, 6.07) is 17.5. The molecule has 1 aromatic heterocycles. The number of fused-ring (bicyclic) bond motifs is 1. The number of methoxy groups -OCH3 is 1. The van der Waals surface area contributed by atoms with E-state index >= 15 is 0 Å². The highest BCUT2D eigenvalue weighted by molar-refractivity contribution is 7.22. The van der Waals surface area contributed by atoms with Crippen LogP contribution in [-0.2, 0) is 9.59 Å². The molecule has 0 radical (unpaired) electrons. The lowest BCUT2D eigenvalue weighted by molar-refractivity contribution is -0.132. The van der Waals surface area contributed by atoms with Crippen LogP contribution in [0.1, 0.15) is 24.1 Å². The molecular formula is C27H22N2O6S. The summed E-state index contributed by atoms with van der Waals surface area (Å²) in [4.78, 5) is 32.6. The number of phenolic OH excluding ortho intramolecular Hbond substituents is 1. The second-order valence-corrected chi connectivity index (χ2v) is 9.03. The Morgan fingerprint density at radius 3 is 2.58 bits per heavy atom. The minimum Gasteiger partial charge on any atom is -0.507 e.